The molecule has 3 unspecified atom stereocenters. The lowest BCUT2D eigenvalue weighted by molar-refractivity contribution is -0.139. The van der Waals surface area contributed by atoms with Gasteiger partial charge in [-0.2, -0.15) is 0 Å². The maximum Gasteiger partial charge on any atom is 0.243 e. The minimum absolute atomic E-state index is 0.0920. The number of hydrogen-bond donors (Lipinski definition) is 3. The molecule has 1 saturated heterocycles. The first kappa shape index (κ1) is 19.1. The maximum absolute atomic E-state index is 12.5. The highest BCUT2D eigenvalue weighted by molar-refractivity contribution is 5.93. The number of nitrogens with two attached hydrogens (primary N) is 1. The second kappa shape index (κ2) is 9.24. The molecule has 0 aliphatic carbocycles. The summed E-state index contributed by atoms with van der Waals surface area (Å²) in [5, 5.41) is 5.19. The number of hydrogen-bond acceptors (Lipinski definition) is 5. The Morgan fingerprint density at radius 3 is 2.65 bits per heavy atom. The summed E-state index contributed by atoms with van der Waals surface area (Å²) in [6, 6.07) is -1.32. The Balaban J connectivity index is 2.77. The lowest BCUT2D eigenvalue weighted by atomic mass is 9.97. The second-order valence-corrected chi connectivity index (χ2v) is 5.73. The third-order valence-corrected chi connectivity index (χ3v) is 4.20. The predicted octanol–water partition coefficient (Wildman–Crippen LogP) is -1.22. The molecule has 23 heavy (non-hydrogen) atoms. The fourth-order valence-electron chi connectivity index (χ4n) is 2.66. The zero-order chi connectivity index (χ0) is 17.4. The lowest BCUT2D eigenvalue weighted by Crippen LogP contribution is -2.55. The van der Waals surface area contributed by atoms with Crippen molar-refractivity contribution in [2.75, 3.05) is 19.6 Å². The Hall–Kier alpha value is -1.96. The van der Waals surface area contributed by atoms with E-state index in [0.29, 0.717) is 25.7 Å². The van der Waals surface area contributed by atoms with E-state index in [4.69, 9.17) is 5.73 Å². The van der Waals surface area contributed by atoms with Crippen molar-refractivity contribution in [1.82, 2.24) is 15.5 Å². The van der Waals surface area contributed by atoms with Crippen LogP contribution in [-0.2, 0) is 19.2 Å². The zero-order valence-electron chi connectivity index (χ0n) is 13.7. The molecule has 0 radical (unpaired) electrons. The highest BCUT2D eigenvalue weighted by atomic mass is 16.2. The van der Waals surface area contributed by atoms with Gasteiger partial charge in [0.05, 0.1) is 13.1 Å². The molecule has 3 amide bonds. The van der Waals surface area contributed by atoms with Crippen LogP contribution < -0.4 is 16.4 Å². The minimum atomic E-state index is -0.733. The van der Waals surface area contributed by atoms with Gasteiger partial charge in [-0.1, -0.05) is 20.3 Å². The van der Waals surface area contributed by atoms with E-state index in [1.165, 1.54) is 4.90 Å². The molecule has 0 aromatic carbocycles. The summed E-state index contributed by atoms with van der Waals surface area (Å²) in [6.07, 6.45) is 2.57. The van der Waals surface area contributed by atoms with Gasteiger partial charge in [0.2, 0.25) is 17.7 Å². The summed E-state index contributed by atoms with van der Waals surface area (Å²) in [5.74, 6) is -1.11. The maximum atomic E-state index is 12.5. The molecule has 130 valence electrons. The van der Waals surface area contributed by atoms with Crippen LogP contribution in [0.1, 0.15) is 33.1 Å². The van der Waals surface area contributed by atoms with Crippen molar-refractivity contribution in [1.29, 1.82) is 0 Å². The topological polar surface area (TPSA) is 122 Å². The van der Waals surface area contributed by atoms with E-state index in [9.17, 15) is 19.2 Å². The molecule has 1 rings (SSSR count). The van der Waals surface area contributed by atoms with E-state index in [1.54, 1.807) is 0 Å². The number of aldehydes is 1. The van der Waals surface area contributed by atoms with Crippen molar-refractivity contribution in [3.63, 3.8) is 0 Å². The van der Waals surface area contributed by atoms with Crippen molar-refractivity contribution >= 4 is 24.0 Å². The smallest absolute Gasteiger partial charge is 0.243 e. The number of likely N-dealkylation sites (tertiary alicyclic amines) is 1. The van der Waals surface area contributed by atoms with Gasteiger partial charge in [0.25, 0.3) is 0 Å². The van der Waals surface area contributed by atoms with E-state index in [1.807, 2.05) is 13.8 Å². The fourth-order valence-corrected chi connectivity index (χ4v) is 2.66. The van der Waals surface area contributed by atoms with Gasteiger partial charge in [-0.15, -0.1) is 0 Å². The average Bonchev–Trinajstić information content (AvgIpc) is 3.05. The van der Waals surface area contributed by atoms with Crippen LogP contribution >= 0.6 is 0 Å². The van der Waals surface area contributed by atoms with E-state index in [2.05, 4.69) is 10.6 Å². The van der Waals surface area contributed by atoms with Gasteiger partial charge < -0.3 is 26.1 Å². The predicted molar refractivity (Wildman–Crippen MR) is 84.2 cm³/mol. The van der Waals surface area contributed by atoms with Gasteiger partial charge in [0.15, 0.2) is 0 Å². The molecule has 3 atom stereocenters. The normalized spacial score (nSPS) is 19.8. The number of carbonyl (C=O) groups is 4. The molecule has 8 nitrogen and oxygen atoms in total. The van der Waals surface area contributed by atoms with E-state index in [0.717, 1.165) is 6.42 Å². The Morgan fingerprint density at radius 2 is 2.09 bits per heavy atom. The van der Waals surface area contributed by atoms with E-state index < -0.39 is 18.0 Å². The molecule has 1 aliphatic rings. The average molecular weight is 326 g/mol. The molecule has 0 saturated carbocycles. The number of carbonyl (C=O) groups excluding carboxylic acids is 4. The van der Waals surface area contributed by atoms with Crippen LogP contribution in [0.4, 0.5) is 0 Å². The monoisotopic (exact) mass is 326 g/mol. The van der Waals surface area contributed by atoms with Crippen LogP contribution in [0.5, 0.6) is 0 Å². The fraction of sp³-hybridized carbons (Fsp3) is 0.733. The summed E-state index contributed by atoms with van der Waals surface area (Å²) >= 11 is 0. The quantitative estimate of drug-likeness (QED) is 0.483. The molecule has 8 heteroatoms. The Labute approximate surface area is 136 Å². The SMILES string of the molecule is CCC(C)C(NC(=O)C1CCCN1C(=O)CN)C(=O)NCC=O. The molecular weight excluding hydrogens is 300 g/mol. The van der Waals surface area contributed by atoms with Gasteiger partial charge in [0.1, 0.15) is 18.4 Å². The molecule has 0 aromatic heterocycles. The van der Waals surface area contributed by atoms with Crippen molar-refractivity contribution in [3.05, 3.63) is 0 Å². The Morgan fingerprint density at radius 1 is 1.39 bits per heavy atom. The van der Waals surface area contributed by atoms with Gasteiger partial charge in [0, 0.05) is 6.54 Å². The van der Waals surface area contributed by atoms with E-state index in [-0.39, 0.29) is 30.8 Å². The Kier molecular flexibility index (Phi) is 7.67. The first-order valence-electron chi connectivity index (χ1n) is 7.97. The first-order valence-corrected chi connectivity index (χ1v) is 7.97. The molecule has 0 spiro atoms. The van der Waals surface area contributed by atoms with Gasteiger partial charge >= 0.3 is 0 Å². The molecule has 0 bridgehead atoms. The molecule has 1 aliphatic heterocycles. The summed E-state index contributed by atoms with van der Waals surface area (Å²) in [4.78, 5) is 48.3. The Bertz CT molecular complexity index is 455. The molecular formula is C15H26N4O4. The summed E-state index contributed by atoms with van der Waals surface area (Å²) in [6.45, 7) is 4.03. The zero-order valence-corrected chi connectivity index (χ0v) is 13.7. The molecule has 0 aromatic rings. The number of nitrogens with one attached hydrogen (secondary N) is 2. The van der Waals surface area contributed by atoms with Crippen LogP contribution in [0.2, 0.25) is 0 Å². The molecule has 4 N–H and O–H groups in total. The minimum Gasteiger partial charge on any atom is -0.348 e. The first-order chi connectivity index (χ1) is 11.0. The number of amides is 3. The number of rotatable bonds is 8. The molecule has 1 fully saturated rings. The third-order valence-electron chi connectivity index (χ3n) is 4.20. The van der Waals surface area contributed by atoms with Crippen molar-refractivity contribution < 1.29 is 19.2 Å². The standard InChI is InChI=1S/C15H26N4O4/c1-3-10(2)13(15(23)17-6-8-20)18-14(22)11-5-4-7-19(11)12(21)9-16/h8,10-11,13H,3-7,9,16H2,1-2H3,(H,17,23)(H,18,22). The summed E-state index contributed by atoms with van der Waals surface area (Å²) in [7, 11) is 0. The van der Waals surface area contributed by atoms with Crippen LogP contribution in [-0.4, -0.2) is 60.6 Å². The molecule has 1 heterocycles. The van der Waals surface area contributed by atoms with Gasteiger partial charge in [-0.3, -0.25) is 14.4 Å². The van der Waals surface area contributed by atoms with Gasteiger partial charge in [-0.05, 0) is 18.8 Å². The van der Waals surface area contributed by atoms with Crippen molar-refractivity contribution in [2.24, 2.45) is 11.7 Å². The van der Waals surface area contributed by atoms with E-state index >= 15 is 0 Å². The van der Waals surface area contributed by atoms with Crippen LogP contribution in [0, 0.1) is 5.92 Å². The van der Waals surface area contributed by atoms with Crippen molar-refractivity contribution in [2.45, 2.75) is 45.2 Å². The third kappa shape index (κ3) is 5.02. The van der Waals surface area contributed by atoms with Crippen LogP contribution in [0.3, 0.4) is 0 Å². The highest BCUT2D eigenvalue weighted by Gasteiger charge is 2.36. The number of nitrogens with zero attached hydrogens (tertiary/aromatic N) is 1. The van der Waals surface area contributed by atoms with Gasteiger partial charge in [-0.25, -0.2) is 0 Å². The summed E-state index contributed by atoms with van der Waals surface area (Å²) < 4.78 is 0. The van der Waals surface area contributed by atoms with Crippen LogP contribution in [0.25, 0.3) is 0 Å². The largest absolute Gasteiger partial charge is 0.348 e. The second-order valence-electron chi connectivity index (χ2n) is 5.73. The lowest BCUT2D eigenvalue weighted by Gasteiger charge is -2.28. The van der Waals surface area contributed by atoms with Crippen molar-refractivity contribution in [3.8, 4) is 0 Å². The van der Waals surface area contributed by atoms with Crippen LogP contribution in [0.15, 0.2) is 0 Å². The highest BCUT2D eigenvalue weighted by Crippen LogP contribution is 2.18. The summed E-state index contributed by atoms with van der Waals surface area (Å²) in [5.41, 5.74) is 5.37.